The molecule has 0 saturated heterocycles. The SMILES string of the molecule is CCOCC(=O)N[C@H](C(=O)OC)[C@H]1CCCC(=O)C1. The lowest BCUT2D eigenvalue weighted by Gasteiger charge is -2.28. The van der Waals surface area contributed by atoms with Gasteiger partial charge in [0.2, 0.25) is 5.91 Å². The van der Waals surface area contributed by atoms with Crippen molar-refractivity contribution in [1.29, 1.82) is 0 Å². The van der Waals surface area contributed by atoms with Gasteiger partial charge in [0.1, 0.15) is 18.4 Å². The molecule has 1 aliphatic carbocycles. The van der Waals surface area contributed by atoms with Gasteiger partial charge in [0.25, 0.3) is 0 Å². The van der Waals surface area contributed by atoms with Crippen molar-refractivity contribution in [2.75, 3.05) is 20.3 Å². The molecular weight excluding hydrogens is 250 g/mol. The number of carbonyl (C=O) groups excluding carboxylic acids is 3. The highest BCUT2D eigenvalue weighted by Crippen LogP contribution is 2.25. The quantitative estimate of drug-likeness (QED) is 0.709. The van der Waals surface area contributed by atoms with Gasteiger partial charge in [-0.1, -0.05) is 0 Å². The zero-order valence-electron chi connectivity index (χ0n) is 11.4. The van der Waals surface area contributed by atoms with Crippen molar-refractivity contribution in [3.63, 3.8) is 0 Å². The van der Waals surface area contributed by atoms with Crippen LogP contribution >= 0.6 is 0 Å². The van der Waals surface area contributed by atoms with E-state index in [-0.39, 0.29) is 24.2 Å². The minimum atomic E-state index is -0.762. The van der Waals surface area contributed by atoms with Crippen LogP contribution in [-0.4, -0.2) is 44.0 Å². The lowest BCUT2D eigenvalue weighted by Crippen LogP contribution is -2.49. The monoisotopic (exact) mass is 271 g/mol. The molecule has 0 aliphatic heterocycles. The normalized spacial score (nSPS) is 20.7. The summed E-state index contributed by atoms with van der Waals surface area (Å²) in [7, 11) is 1.27. The van der Waals surface area contributed by atoms with Crippen molar-refractivity contribution >= 4 is 17.7 Å². The average Bonchev–Trinajstić information content (AvgIpc) is 2.41. The van der Waals surface area contributed by atoms with Crippen molar-refractivity contribution in [1.82, 2.24) is 5.32 Å². The van der Waals surface area contributed by atoms with E-state index in [2.05, 4.69) is 5.32 Å². The summed E-state index contributed by atoms with van der Waals surface area (Å²) in [6.07, 6.45) is 2.35. The largest absolute Gasteiger partial charge is 0.467 e. The second-order valence-corrected chi connectivity index (χ2v) is 4.60. The zero-order valence-corrected chi connectivity index (χ0v) is 11.4. The first-order valence-electron chi connectivity index (χ1n) is 6.55. The Bertz CT molecular complexity index is 342. The minimum Gasteiger partial charge on any atom is -0.467 e. The van der Waals surface area contributed by atoms with Crippen LogP contribution in [0.25, 0.3) is 0 Å². The van der Waals surface area contributed by atoms with Crippen LogP contribution in [0.2, 0.25) is 0 Å². The Labute approximate surface area is 112 Å². The highest BCUT2D eigenvalue weighted by Gasteiger charge is 2.33. The predicted octanol–water partition coefficient (Wildman–Crippen LogP) is 0.440. The highest BCUT2D eigenvalue weighted by atomic mass is 16.5. The summed E-state index contributed by atoms with van der Waals surface area (Å²) in [4.78, 5) is 34.8. The molecule has 0 aromatic rings. The molecule has 1 aliphatic rings. The number of carbonyl (C=O) groups is 3. The maximum Gasteiger partial charge on any atom is 0.328 e. The molecule has 0 spiro atoms. The van der Waals surface area contributed by atoms with Gasteiger partial charge in [0.05, 0.1) is 7.11 Å². The molecule has 1 amide bonds. The first-order chi connectivity index (χ1) is 9.08. The molecule has 0 bridgehead atoms. The average molecular weight is 271 g/mol. The van der Waals surface area contributed by atoms with Gasteiger partial charge in [-0.05, 0) is 25.7 Å². The summed E-state index contributed by atoms with van der Waals surface area (Å²) in [6, 6.07) is -0.762. The molecule has 2 atom stereocenters. The maximum absolute atomic E-state index is 11.7. The van der Waals surface area contributed by atoms with Crippen LogP contribution in [0.15, 0.2) is 0 Å². The van der Waals surface area contributed by atoms with E-state index in [0.717, 1.165) is 12.8 Å². The Hall–Kier alpha value is -1.43. The van der Waals surface area contributed by atoms with E-state index in [0.29, 0.717) is 19.4 Å². The molecule has 108 valence electrons. The molecule has 0 unspecified atom stereocenters. The molecule has 6 heteroatoms. The van der Waals surface area contributed by atoms with Crippen LogP contribution in [0.4, 0.5) is 0 Å². The Morgan fingerprint density at radius 3 is 2.79 bits per heavy atom. The number of Topliss-reactive ketones (excluding diaryl/α,β-unsaturated/α-hetero) is 1. The lowest BCUT2D eigenvalue weighted by molar-refractivity contribution is -0.148. The van der Waals surface area contributed by atoms with E-state index in [9.17, 15) is 14.4 Å². The van der Waals surface area contributed by atoms with Crippen LogP contribution in [0, 0.1) is 5.92 Å². The van der Waals surface area contributed by atoms with Gasteiger partial charge in [0.15, 0.2) is 0 Å². The molecule has 1 N–H and O–H groups in total. The summed E-state index contributed by atoms with van der Waals surface area (Å²) >= 11 is 0. The van der Waals surface area contributed by atoms with Crippen LogP contribution < -0.4 is 5.32 Å². The fraction of sp³-hybridized carbons (Fsp3) is 0.769. The number of hydrogen-bond acceptors (Lipinski definition) is 5. The van der Waals surface area contributed by atoms with Crippen molar-refractivity contribution in [3.8, 4) is 0 Å². The van der Waals surface area contributed by atoms with Crippen molar-refractivity contribution < 1.29 is 23.9 Å². The number of amides is 1. The fourth-order valence-electron chi connectivity index (χ4n) is 2.25. The molecule has 1 saturated carbocycles. The predicted molar refractivity (Wildman–Crippen MR) is 67.4 cm³/mol. The smallest absolute Gasteiger partial charge is 0.328 e. The minimum absolute atomic E-state index is 0.0926. The molecule has 1 rings (SSSR count). The second kappa shape index (κ2) is 7.89. The summed E-state index contributed by atoms with van der Waals surface area (Å²) in [6.45, 7) is 2.12. The maximum atomic E-state index is 11.7. The first-order valence-corrected chi connectivity index (χ1v) is 6.55. The van der Waals surface area contributed by atoms with Crippen LogP contribution in [0.1, 0.15) is 32.6 Å². The summed E-state index contributed by atoms with van der Waals surface area (Å²) < 4.78 is 9.69. The van der Waals surface area contributed by atoms with Crippen molar-refractivity contribution in [3.05, 3.63) is 0 Å². The van der Waals surface area contributed by atoms with Crippen LogP contribution in [-0.2, 0) is 23.9 Å². The Morgan fingerprint density at radius 2 is 2.21 bits per heavy atom. The first kappa shape index (κ1) is 15.6. The van der Waals surface area contributed by atoms with Crippen LogP contribution in [0.3, 0.4) is 0 Å². The number of nitrogens with one attached hydrogen (secondary N) is 1. The topological polar surface area (TPSA) is 81.7 Å². The highest BCUT2D eigenvalue weighted by molar-refractivity contribution is 5.86. The van der Waals surface area contributed by atoms with Gasteiger partial charge in [-0.25, -0.2) is 4.79 Å². The van der Waals surface area contributed by atoms with Gasteiger partial charge in [0, 0.05) is 19.4 Å². The Balaban J connectivity index is 2.63. The van der Waals surface area contributed by atoms with E-state index >= 15 is 0 Å². The van der Waals surface area contributed by atoms with Gasteiger partial charge in [-0.2, -0.15) is 0 Å². The lowest BCUT2D eigenvalue weighted by atomic mass is 9.83. The number of rotatable bonds is 6. The molecular formula is C13H21NO5. The third kappa shape index (κ3) is 4.98. The number of hydrogen-bond donors (Lipinski definition) is 1. The van der Waals surface area contributed by atoms with E-state index in [1.807, 2.05) is 0 Å². The summed E-state index contributed by atoms with van der Waals surface area (Å²) in [5.74, 6) is -0.927. The van der Waals surface area contributed by atoms with Gasteiger partial charge < -0.3 is 14.8 Å². The Morgan fingerprint density at radius 1 is 1.47 bits per heavy atom. The van der Waals surface area contributed by atoms with Gasteiger partial charge in [-0.3, -0.25) is 9.59 Å². The van der Waals surface area contributed by atoms with Crippen molar-refractivity contribution in [2.45, 2.75) is 38.6 Å². The second-order valence-electron chi connectivity index (χ2n) is 4.60. The molecule has 0 radical (unpaired) electrons. The number of methoxy groups -OCH3 is 1. The molecule has 0 aromatic heterocycles. The summed E-state index contributed by atoms with van der Waals surface area (Å²) in [5, 5.41) is 2.60. The number of ether oxygens (including phenoxy) is 2. The van der Waals surface area contributed by atoms with E-state index in [1.54, 1.807) is 6.92 Å². The van der Waals surface area contributed by atoms with E-state index in [4.69, 9.17) is 9.47 Å². The van der Waals surface area contributed by atoms with Gasteiger partial charge >= 0.3 is 5.97 Å². The molecule has 0 heterocycles. The summed E-state index contributed by atoms with van der Waals surface area (Å²) in [5.41, 5.74) is 0. The third-order valence-corrected chi connectivity index (χ3v) is 3.20. The molecule has 0 aromatic carbocycles. The van der Waals surface area contributed by atoms with E-state index < -0.39 is 12.0 Å². The fourth-order valence-corrected chi connectivity index (χ4v) is 2.25. The molecule has 1 fully saturated rings. The molecule has 19 heavy (non-hydrogen) atoms. The number of esters is 1. The van der Waals surface area contributed by atoms with Crippen molar-refractivity contribution in [2.24, 2.45) is 5.92 Å². The number of ketones is 1. The third-order valence-electron chi connectivity index (χ3n) is 3.20. The standard InChI is InChI=1S/C13H21NO5/c1-3-19-8-11(16)14-12(13(17)18-2)9-5-4-6-10(15)7-9/h9,12H,3-8H2,1-2H3,(H,14,16)/t9-,12-/m0/s1. The van der Waals surface area contributed by atoms with E-state index in [1.165, 1.54) is 7.11 Å². The zero-order chi connectivity index (χ0) is 14.3. The van der Waals surface area contributed by atoms with Crippen LogP contribution in [0.5, 0.6) is 0 Å². The molecule has 6 nitrogen and oxygen atoms in total. The van der Waals surface area contributed by atoms with Gasteiger partial charge in [-0.15, -0.1) is 0 Å². The Kier molecular flexibility index (Phi) is 6.49.